The third kappa shape index (κ3) is 2.45. The third-order valence-electron chi connectivity index (χ3n) is 2.42. The first kappa shape index (κ1) is 11.6. The second-order valence-corrected chi connectivity index (χ2v) is 5.00. The van der Waals surface area contributed by atoms with Gasteiger partial charge in [-0.2, -0.15) is 4.98 Å². The Morgan fingerprint density at radius 1 is 1.56 bits per heavy atom. The molecule has 0 saturated carbocycles. The van der Waals surface area contributed by atoms with Crippen molar-refractivity contribution >= 4 is 16.5 Å². The molecule has 0 bridgehead atoms. The van der Waals surface area contributed by atoms with E-state index in [0.717, 1.165) is 35.6 Å². The molecule has 90 valence electrons. The Morgan fingerprint density at radius 3 is 2.81 bits per heavy atom. The molecular formula is C10H17N3O2S. The first-order chi connectivity index (χ1) is 7.70. The summed E-state index contributed by atoms with van der Waals surface area (Å²) in [4.78, 5) is 7.53. The number of rotatable bonds is 5. The molecule has 1 aromatic heterocycles. The first-order valence-electron chi connectivity index (χ1n) is 5.23. The SMILES string of the molecule is COc1nc(N(C)C)sc1CNC1COC1. The molecule has 1 N–H and O–H groups in total. The lowest BCUT2D eigenvalue weighted by molar-refractivity contribution is -0.00574. The van der Waals surface area contributed by atoms with Crippen LogP contribution in [0.25, 0.3) is 0 Å². The fourth-order valence-corrected chi connectivity index (χ4v) is 2.28. The van der Waals surface area contributed by atoms with Gasteiger partial charge in [-0.15, -0.1) is 0 Å². The van der Waals surface area contributed by atoms with Crippen molar-refractivity contribution in [3.8, 4) is 5.88 Å². The van der Waals surface area contributed by atoms with Gasteiger partial charge in [0.15, 0.2) is 5.13 Å². The van der Waals surface area contributed by atoms with Crippen LogP contribution in [0, 0.1) is 0 Å². The maximum absolute atomic E-state index is 5.26. The van der Waals surface area contributed by atoms with Gasteiger partial charge in [0.2, 0.25) is 5.88 Å². The Balaban J connectivity index is 1.99. The molecule has 0 amide bonds. The van der Waals surface area contributed by atoms with Gasteiger partial charge in [0.25, 0.3) is 0 Å². The summed E-state index contributed by atoms with van der Waals surface area (Å²) in [6, 6.07) is 0.481. The van der Waals surface area contributed by atoms with Crippen LogP contribution in [-0.4, -0.2) is 45.4 Å². The zero-order chi connectivity index (χ0) is 11.5. The molecule has 0 unspecified atom stereocenters. The number of hydrogen-bond donors (Lipinski definition) is 1. The van der Waals surface area contributed by atoms with Crippen LogP contribution in [0.2, 0.25) is 0 Å². The van der Waals surface area contributed by atoms with Gasteiger partial charge in [-0.1, -0.05) is 11.3 Å². The highest BCUT2D eigenvalue weighted by atomic mass is 32.1. The number of thiazole rings is 1. The summed E-state index contributed by atoms with van der Waals surface area (Å²) in [5.41, 5.74) is 0. The molecule has 0 atom stereocenters. The average Bonchev–Trinajstić information content (AvgIpc) is 2.59. The van der Waals surface area contributed by atoms with Gasteiger partial charge in [0, 0.05) is 20.6 Å². The maximum atomic E-state index is 5.26. The van der Waals surface area contributed by atoms with Crippen molar-refractivity contribution in [3.63, 3.8) is 0 Å². The minimum absolute atomic E-state index is 0.481. The van der Waals surface area contributed by atoms with Crippen LogP contribution in [-0.2, 0) is 11.3 Å². The highest BCUT2D eigenvalue weighted by Gasteiger charge is 2.19. The van der Waals surface area contributed by atoms with Crippen LogP contribution in [0.5, 0.6) is 5.88 Å². The molecule has 0 aromatic carbocycles. The Kier molecular flexibility index (Phi) is 3.63. The number of aromatic nitrogens is 1. The van der Waals surface area contributed by atoms with Crippen LogP contribution in [0.4, 0.5) is 5.13 Å². The predicted octanol–water partition coefficient (Wildman–Crippen LogP) is 0.706. The summed E-state index contributed by atoms with van der Waals surface area (Å²) in [7, 11) is 5.62. The number of anilines is 1. The van der Waals surface area contributed by atoms with E-state index < -0.39 is 0 Å². The van der Waals surface area contributed by atoms with Crippen LogP contribution >= 0.6 is 11.3 Å². The second-order valence-electron chi connectivity index (χ2n) is 3.94. The molecule has 2 heterocycles. The van der Waals surface area contributed by atoms with Gasteiger partial charge in [0.05, 0.1) is 31.2 Å². The van der Waals surface area contributed by atoms with E-state index in [1.807, 2.05) is 19.0 Å². The van der Waals surface area contributed by atoms with Gasteiger partial charge in [-0.3, -0.25) is 0 Å². The number of methoxy groups -OCH3 is 1. The van der Waals surface area contributed by atoms with Crippen LogP contribution in [0.15, 0.2) is 0 Å². The lowest BCUT2D eigenvalue weighted by Crippen LogP contribution is -2.45. The maximum Gasteiger partial charge on any atom is 0.230 e. The lowest BCUT2D eigenvalue weighted by Gasteiger charge is -2.26. The van der Waals surface area contributed by atoms with Crippen LogP contribution < -0.4 is 15.0 Å². The molecule has 1 saturated heterocycles. The van der Waals surface area contributed by atoms with E-state index in [1.54, 1.807) is 18.4 Å². The summed E-state index contributed by atoms with van der Waals surface area (Å²) in [6.45, 7) is 2.41. The predicted molar refractivity (Wildman–Crippen MR) is 64.4 cm³/mol. The van der Waals surface area contributed by atoms with Gasteiger partial charge in [-0.25, -0.2) is 0 Å². The largest absolute Gasteiger partial charge is 0.480 e. The number of nitrogens with zero attached hydrogens (tertiary/aromatic N) is 2. The molecule has 2 rings (SSSR count). The molecule has 16 heavy (non-hydrogen) atoms. The smallest absolute Gasteiger partial charge is 0.230 e. The quantitative estimate of drug-likeness (QED) is 0.825. The molecule has 1 fully saturated rings. The zero-order valence-corrected chi connectivity index (χ0v) is 10.6. The molecule has 0 spiro atoms. The minimum Gasteiger partial charge on any atom is -0.480 e. The van der Waals surface area contributed by atoms with Crippen molar-refractivity contribution in [2.24, 2.45) is 0 Å². The molecule has 1 aliphatic heterocycles. The number of ether oxygens (including phenoxy) is 2. The van der Waals surface area contributed by atoms with Crippen molar-refractivity contribution in [1.29, 1.82) is 0 Å². The van der Waals surface area contributed by atoms with Crippen molar-refractivity contribution in [3.05, 3.63) is 4.88 Å². The summed E-state index contributed by atoms with van der Waals surface area (Å²) in [5.74, 6) is 0.724. The highest BCUT2D eigenvalue weighted by molar-refractivity contribution is 7.15. The summed E-state index contributed by atoms with van der Waals surface area (Å²) in [5, 5.41) is 4.38. The normalized spacial score (nSPS) is 15.9. The Morgan fingerprint density at radius 2 is 2.31 bits per heavy atom. The number of hydrogen-bond acceptors (Lipinski definition) is 6. The third-order valence-corrected chi connectivity index (χ3v) is 3.62. The van der Waals surface area contributed by atoms with Gasteiger partial charge in [-0.05, 0) is 0 Å². The minimum atomic E-state index is 0.481. The van der Waals surface area contributed by atoms with Gasteiger partial charge < -0.3 is 19.7 Å². The summed E-state index contributed by atoms with van der Waals surface area (Å²) < 4.78 is 10.4. The fraction of sp³-hybridized carbons (Fsp3) is 0.700. The van der Waals surface area contributed by atoms with E-state index >= 15 is 0 Å². The summed E-state index contributed by atoms with van der Waals surface area (Å²) >= 11 is 1.66. The molecule has 1 aliphatic rings. The summed E-state index contributed by atoms with van der Waals surface area (Å²) in [6.07, 6.45) is 0. The Hall–Kier alpha value is -0.850. The van der Waals surface area contributed by atoms with Gasteiger partial charge >= 0.3 is 0 Å². The first-order valence-corrected chi connectivity index (χ1v) is 6.04. The second kappa shape index (κ2) is 4.99. The van der Waals surface area contributed by atoms with Crippen molar-refractivity contribution in [2.75, 3.05) is 39.3 Å². The van der Waals surface area contributed by atoms with Gasteiger partial charge in [0.1, 0.15) is 0 Å². The average molecular weight is 243 g/mol. The van der Waals surface area contributed by atoms with E-state index in [0.29, 0.717) is 6.04 Å². The van der Waals surface area contributed by atoms with E-state index in [9.17, 15) is 0 Å². The van der Waals surface area contributed by atoms with Crippen molar-refractivity contribution in [2.45, 2.75) is 12.6 Å². The monoisotopic (exact) mass is 243 g/mol. The van der Waals surface area contributed by atoms with Crippen molar-refractivity contribution in [1.82, 2.24) is 10.3 Å². The van der Waals surface area contributed by atoms with Crippen LogP contribution in [0.3, 0.4) is 0 Å². The van der Waals surface area contributed by atoms with E-state index in [4.69, 9.17) is 9.47 Å². The molecule has 6 heteroatoms. The molecular weight excluding hydrogens is 226 g/mol. The molecule has 0 aliphatic carbocycles. The molecule has 5 nitrogen and oxygen atoms in total. The molecule has 1 aromatic rings. The number of nitrogens with one attached hydrogen (secondary N) is 1. The topological polar surface area (TPSA) is 46.6 Å². The standard InChI is InChI=1S/C10H17N3O2S/c1-13(2)10-12-9(14-3)8(16-10)4-11-7-5-15-6-7/h7,11H,4-6H2,1-3H3. The zero-order valence-electron chi connectivity index (χ0n) is 9.82. The lowest BCUT2D eigenvalue weighted by atomic mass is 10.2. The van der Waals surface area contributed by atoms with E-state index in [2.05, 4.69) is 10.3 Å². The fourth-order valence-electron chi connectivity index (χ4n) is 1.38. The highest BCUT2D eigenvalue weighted by Crippen LogP contribution is 2.30. The Bertz CT molecular complexity index is 350. The van der Waals surface area contributed by atoms with Crippen LogP contribution in [0.1, 0.15) is 4.88 Å². The Labute approximate surface area is 99.4 Å². The molecule has 0 radical (unpaired) electrons. The van der Waals surface area contributed by atoms with E-state index in [-0.39, 0.29) is 0 Å². The van der Waals surface area contributed by atoms with Crippen molar-refractivity contribution < 1.29 is 9.47 Å². The van der Waals surface area contributed by atoms with E-state index in [1.165, 1.54) is 0 Å².